The van der Waals surface area contributed by atoms with Gasteiger partial charge in [0.1, 0.15) is 0 Å². The zero-order valence-electron chi connectivity index (χ0n) is 15.5. The molecule has 0 aliphatic carbocycles. The largest absolute Gasteiger partial charge is 0.347 e. The molecule has 0 radical (unpaired) electrons. The number of carbonyl (C=O) groups is 2. The number of hydrogen-bond acceptors (Lipinski definition) is 5. The smallest absolute Gasteiger partial charge is 0.261 e. The Labute approximate surface area is 172 Å². The van der Waals surface area contributed by atoms with Gasteiger partial charge in [0.2, 0.25) is 10.0 Å². The van der Waals surface area contributed by atoms with Crippen LogP contribution in [0.1, 0.15) is 31.2 Å². The molecule has 150 valence electrons. The summed E-state index contributed by atoms with van der Waals surface area (Å²) in [6.45, 7) is 1.97. The summed E-state index contributed by atoms with van der Waals surface area (Å²) in [6.07, 6.45) is 0. The lowest BCUT2D eigenvalue weighted by Crippen LogP contribution is -2.21. The van der Waals surface area contributed by atoms with E-state index in [9.17, 15) is 18.0 Å². The number of rotatable bonds is 6. The average Bonchev–Trinajstić information content (AvgIpc) is 3.22. The lowest BCUT2D eigenvalue weighted by atomic mass is 10.1. The minimum atomic E-state index is -3.88. The predicted molar refractivity (Wildman–Crippen MR) is 112 cm³/mol. The van der Waals surface area contributed by atoms with Gasteiger partial charge in [0.15, 0.2) is 0 Å². The predicted octanol–water partition coefficient (Wildman–Crippen LogP) is 2.89. The second-order valence-electron chi connectivity index (χ2n) is 6.34. The summed E-state index contributed by atoms with van der Waals surface area (Å²) in [5, 5.41) is 12.5. The molecule has 0 spiro atoms. The van der Waals surface area contributed by atoms with Crippen molar-refractivity contribution in [2.75, 3.05) is 5.32 Å². The van der Waals surface area contributed by atoms with E-state index < -0.39 is 10.0 Å². The van der Waals surface area contributed by atoms with Crippen molar-refractivity contribution in [2.24, 2.45) is 5.14 Å². The number of carbonyl (C=O) groups excluding carboxylic acids is 2. The number of aryl methyl sites for hydroxylation is 1. The molecule has 3 rings (SSSR count). The van der Waals surface area contributed by atoms with Gasteiger partial charge in [-0.3, -0.25) is 9.59 Å². The highest BCUT2D eigenvalue weighted by molar-refractivity contribution is 7.89. The van der Waals surface area contributed by atoms with Gasteiger partial charge in [0, 0.05) is 17.8 Å². The highest BCUT2D eigenvalue weighted by Crippen LogP contribution is 2.20. The molecule has 3 aromatic rings. The Bertz CT molecular complexity index is 1140. The van der Waals surface area contributed by atoms with Crippen molar-refractivity contribution < 1.29 is 18.0 Å². The van der Waals surface area contributed by atoms with Crippen molar-refractivity contribution in [3.05, 3.63) is 81.5 Å². The van der Waals surface area contributed by atoms with Gasteiger partial charge in [-0.15, -0.1) is 11.3 Å². The van der Waals surface area contributed by atoms with Crippen LogP contribution in [0.15, 0.2) is 64.9 Å². The van der Waals surface area contributed by atoms with Crippen molar-refractivity contribution in [2.45, 2.75) is 18.4 Å². The second-order valence-corrected chi connectivity index (χ2v) is 8.81. The molecule has 0 saturated carbocycles. The lowest BCUT2D eigenvalue weighted by Gasteiger charge is -2.10. The number of hydrogen-bond donors (Lipinski definition) is 3. The summed E-state index contributed by atoms with van der Waals surface area (Å²) in [7, 11) is -3.88. The van der Waals surface area contributed by atoms with Crippen LogP contribution in [0.5, 0.6) is 0 Å². The molecule has 0 atom stereocenters. The number of nitrogens with two attached hydrogens (primary N) is 1. The summed E-state index contributed by atoms with van der Waals surface area (Å²) < 4.78 is 23.2. The fourth-order valence-corrected chi connectivity index (χ4v) is 4.09. The van der Waals surface area contributed by atoms with Crippen LogP contribution in [-0.4, -0.2) is 20.2 Å². The van der Waals surface area contributed by atoms with Crippen molar-refractivity contribution in [1.29, 1.82) is 0 Å². The molecule has 1 aromatic heterocycles. The van der Waals surface area contributed by atoms with E-state index in [0.717, 1.165) is 5.56 Å². The van der Waals surface area contributed by atoms with Crippen LogP contribution >= 0.6 is 11.3 Å². The quantitative estimate of drug-likeness (QED) is 0.558. The first-order chi connectivity index (χ1) is 13.7. The number of sulfonamides is 1. The number of benzene rings is 2. The summed E-state index contributed by atoms with van der Waals surface area (Å²) in [4.78, 5) is 25.0. The van der Waals surface area contributed by atoms with E-state index in [2.05, 4.69) is 10.6 Å². The maximum Gasteiger partial charge on any atom is 0.261 e. The Morgan fingerprint density at radius 2 is 1.76 bits per heavy atom. The maximum absolute atomic E-state index is 12.4. The Hall–Kier alpha value is -3.01. The molecule has 0 saturated heterocycles. The topological polar surface area (TPSA) is 118 Å². The highest BCUT2D eigenvalue weighted by atomic mass is 32.2. The van der Waals surface area contributed by atoms with E-state index in [0.29, 0.717) is 28.2 Å². The van der Waals surface area contributed by atoms with Gasteiger partial charge in [0.05, 0.1) is 9.77 Å². The maximum atomic E-state index is 12.4. The SMILES string of the molecule is Cc1ccc(NC(=O)c2ccc(CNC(=O)c3cccs3)cc2)cc1S(N)(=O)=O. The third-order valence-electron chi connectivity index (χ3n) is 4.17. The molecule has 9 heteroatoms. The molecular weight excluding hydrogens is 410 g/mol. The van der Waals surface area contributed by atoms with Gasteiger partial charge in [0.25, 0.3) is 11.8 Å². The first-order valence-corrected chi connectivity index (χ1v) is 11.0. The zero-order valence-corrected chi connectivity index (χ0v) is 17.1. The van der Waals surface area contributed by atoms with Crippen LogP contribution in [0.4, 0.5) is 5.69 Å². The summed E-state index contributed by atoms with van der Waals surface area (Å²) in [5.41, 5.74) is 2.07. The number of amides is 2. The van der Waals surface area contributed by atoms with Crippen molar-refractivity contribution in [1.82, 2.24) is 5.32 Å². The minimum Gasteiger partial charge on any atom is -0.347 e. The highest BCUT2D eigenvalue weighted by Gasteiger charge is 2.14. The molecule has 0 aliphatic rings. The van der Waals surface area contributed by atoms with E-state index in [1.807, 2.05) is 11.4 Å². The van der Waals surface area contributed by atoms with Gasteiger partial charge in [-0.25, -0.2) is 13.6 Å². The van der Waals surface area contributed by atoms with Crippen molar-refractivity contribution in [3.8, 4) is 0 Å². The van der Waals surface area contributed by atoms with Gasteiger partial charge in [-0.05, 0) is 53.8 Å². The zero-order chi connectivity index (χ0) is 21.0. The van der Waals surface area contributed by atoms with E-state index >= 15 is 0 Å². The molecule has 29 heavy (non-hydrogen) atoms. The number of nitrogens with one attached hydrogen (secondary N) is 2. The van der Waals surface area contributed by atoms with E-state index in [1.54, 1.807) is 49.4 Å². The van der Waals surface area contributed by atoms with E-state index in [1.165, 1.54) is 17.4 Å². The monoisotopic (exact) mass is 429 g/mol. The Morgan fingerprint density at radius 3 is 2.38 bits per heavy atom. The van der Waals surface area contributed by atoms with Crippen LogP contribution in [0.25, 0.3) is 0 Å². The fourth-order valence-electron chi connectivity index (χ4n) is 2.64. The molecule has 0 fully saturated rings. The van der Waals surface area contributed by atoms with Gasteiger partial charge < -0.3 is 10.6 Å². The molecule has 4 N–H and O–H groups in total. The van der Waals surface area contributed by atoms with E-state index in [4.69, 9.17) is 5.14 Å². The second kappa shape index (κ2) is 8.56. The normalized spacial score (nSPS) is 11.1. The summed E-state index contributed by atoms with van der Waals surface area (Å²) in [6, 6.07) is 14.8. The molecular formula is C20H19N3O4S2. The van der Waals surface area contributed by atoms with Crippen LogP contribution in [0, 0.1) is 6.92 Å². The van der Waals surface area contributed by atoms with Crippen molar-refractivity contribution >= 4 is 38.9 Å². The average molecular weight is 430 g/mol. The molecule has 2 amide bonds. The molecule has 1 heterocycles. The Kier molecular flexibility index (Phi) is 6.12. The summed E-state index contributed by atoms with van der Waals surface area (Å²) >= 11 is 1.37. The first kappa shape index (κ1) is 20.7. The standard InChI is InChI=1S/C20H19N3O4S2/c1-13-4-9-16(11-18(13)29(21,26)27)23-19(24)15-7-5-14(6-8-15)12-22-20(25)17-3-2-10-28-17/h2-11H,12H2,1H3,(H,22,25)(H,23,24)(H2,21,26,27). The van der Waals surface area contributed by atoms with Crippen molar-refractivity contribution in [3.63, 3.8) is 0 Å². The lowest BCUT2D eigenvalue weighted by molar-refractivity contribution is 0.0953. The van der Waals surface area contributed by atoms with Crippen LogP contribution in [0.3, 0.4) is 0 Å². The van der Waals surface area contributed by atoms with Gasteiger partial charge >= 0.3 is 0 Å². The Morgan fingerprint density at radius 1 is 1.03 bits per heavy atom. The third-order valence-corrected chi connectivity index (χ3v) is 6.09. The molecule has 0 bridgehead atoms. The molecule has 2 aromatic carbocycles. The van der Waals surface area contributed by atoms with Crippen LogP contribution in [0.2, 0.25) is 0 Å². The minimum absolute atomic E-state index is 0.0351. The van der Waals surface area contributed by atoms with Crippen LogP contribution in [-0.2, 0) is 16.6 Å². The molecule has 0 unspecified atom stereocenters. The third kappa shape index (κ3) is 5.29. The molecule has 0 aliphatic heterocycles. The Balaban J connectivity index is 1.64. The fraction of sp³-hybridized carbons (Fsp3) is 0.100. The van der Waals surface area contributed by atoms with Crippen LogP contribution < -0.4 is 15.8 Å². The molecule has 7 nitrogen and oxygen atoms in total. The van der Waals surface area contributed by atoms with E-state index in [-0.39, 0.29) is 16.7 Å². The van der Waals surface area contributed by atoms with Gasteiger partial charge in [-0.1, -0.05) is 24.3 Å². The number of primary sulfonamides is 1. The number of anilines is 1. The first-order valence-electron chi connectivity index (χ1n) is 8.59. The van der Waals surface area contributed by atoms with Gasteiger partial charge in [-0.2, -0.15) is 0 Å². The number of thiophene rings is 1. The summed E-state index contributed by atoms with van der Waals surface area (Å²) in [5.74, 6) is -0.532.